The first kappa shape index (κ1) is 38.9. The van der Waals surface area contributed by atoms with Crippen LogP contribution in [-0.2, 0) is 26.5 Å². The van der Waals surface area contributed by atoms with Crippen LogP contribution in [-0.4, -0.2) is 20.0 Å². The Morgan fingerprint density at radius 2 is 1.25 bits per heavy atom. The summed E-state index contributed by atoms with van der Waals surface area (Å²) >= 11 is 0. The van der Waals surface area contributed by atoms with Gasteiger partial charge in [0, 0.05) is 43.9 Å². The van der Waals surface area contributed by atoms with Gasteiger partial charge >= 0.3 is 0 Å². The molecular weight excluding hydrogens is 928 g/mol. The van der Waals surface area contributed by atoms with Gasteiger partial charge in [0.15, 0.2) is 0 Å². The van der Waals surface area contributed by atoms with Crippen molar-refractivity contribution in [2.75, 3.05) is 10.1 Å². The van der Waals surface area contributed by atoms with E-state index in [1.807, 2.05) is 11.3 Å². The number of hydrogen-bond donors (Lipinski definition) is 0. The van der Waals surface area contributed by atoms with Crippen molar-refractivity contribution in [3.05, 3.63) is 210 Å². The van der Waals surface area contributed by atoms with Gasteiger partial charge in [-0.15, -0.1) is 38.8 Å². The normalized spacial score (nSPS) is 14.0. The largest absolute Gasteiger partial charge is 0.319 e. The Hall–Kier alpha value is -6.26. The monoisotopic (exact) mass is 972 g/mol. The molecule has 9 aromatic rings. The molecule has 0 bridgehead atoms. The minimum Gasteiger partial charge on any atom is -0.319 e. The van der Waals surface area contributed by atoms with Gasteiger partial charge in [0.1, 0.15) is 22.7 Å². The minimum absolute atomic E-state index is 0. The number of benzene rings is 7. The van der Waals surface area contributed by atoms with Gasteiger partial charge in [0.05, 0.1) is 0 Å². The van der Waals surface area contributed by atoms with Gasteiger partial charge < -0.3 is 4.57 Å². The summed E-state index contributed by atoms with van der Waals surface area (Å²) in [5.41, 5.74) is 14.7. The van der Waals surface area contributed by atoms with E-state index in [-0.39, 0.29) is 26.6 Å². The maximum Gasteiger partial charge on any atom is 0.145 e. The van der Waals surface area contributed by atoms with Crippen molar-refractivity contribution in [2.45, 2.75) is 51.5 Å². The van der Waals surface area contributed by atoms with Crippen LogP contribution in [0.2, 0.25) is 0 Å². The van der Waals surface area contributed by atoms with Gasteiger partial charge in [-0.3, -0.25) is 0 Å². The number of anilines is 3. The molecule has 0 amide bonds. The number of pyridine rings is 1. The molecule has 0 saturated carbocycles. The fourth-order valence-electron chi connectivity index (χ4n) is 9.76. The van der Waals surface area contributed by atoms with Gasteiger partial charge in [-0.25, -0.2) is 4.98 Å². The predicted octanol–water partition coefficient (Wildman–Crippen LogP) is 13.5. The van der Waals surface area contributed by atoms with E-state index in [2.05, 4.69) is 220 Å². The predicted molar refractivity (Wildman–Crippen MR) is 246 cm³/mol. The molecule has 7 aromatic carbocycles. The average molecular weight is 973 g/mol. The van der Waals surface area contributed by atoms with Crippen LogP contribution in [0.25, 0.3) is 49.9 Å². The first-order chi connectivity index (χ1) is 29.2. The van der Waals surface area contributed by atoms with Crippen LogP contribution in [0, 0.1) is 12.1 Å². The number of rotatable bonds is 6. The van der Waals surface area contributed by atoms with Gasteiger partial charge in [-0.05, 0) is 101 Å². The van der Waals surface area contributed by atoms with Crippen LogP contribution in [0.3, 0.4) is 0 Å². The summed E-state index contributed by atoms with van der Waals surface area (Å²) in [5, 5.41) is 6.46. The Labute approximate surface area is 372 Å². The summed E-state index contributed by atoms with van der Waals surface area (Å²) in [5.74, 6) is 1.25. The number of nitrogens with zero attached hydrogens (tertiary/aromatic N) is 4. The van der Waals surface area contributed by atoms with E-state index in [0.29, 0.717) is 5.92 Å². The van der Waals surface area contributed by atoms with Crippen molar-refractivity contribution in [1.29, 1.82) is 0 Å². The third-order valence-corrected chi connectivity index (χ3v) is 12.4. The van der Waals surface area contributed by atoms with Crippen molar-refractivity contribution in [3.63, 3.8) is 0 Å². The van der Waals surface area contributed by atoms with Gasteiger partial charge in [0.2, 0.25) is 0 Å². The Morgan fingerprint density at radius 1 is 0.607 bits per heavy atom. The van der Waals surface area contributed by atoms with Crippen LogP contribution >= 0.6 is 0 Å². The number of aromatic nitrogens is 2. The molecule has 2 aromatic heterocycles. The number of hydrogen-bond acceptors (Lipinski definition) is 3. The molecule has 2 aliphatic rings. The molecule has 5 nitrogen and oxygen atoms in total. The third-order valence-electron chi connectivity index (χ3n) is 12.4. The van der Waals surface area contributed by atoms with Gasteiger partial charge in [-0.2, -0.15) is 35.3 Å². The molecule has 0 fully saturated rings. The first-order valence-corrected chi connectivity index (χ1v) is 20.9. The molecule has 302 valence electrons. The van der Waals surface area contributed by atoms with E-state index in [0.717, 1.165) is 61.4 Å². The molecule has 0 radical (unpaired) electrons. The summed E-state index contributed by atoms with van der Waals surface area (Å²) in [6.07, 6.45) is 1.94. The summed E-state index contributed by atoms with van der Waals surface area (Å²) in [6.45, 7) is 11.1. The van der Waals surface area contributed by atoms with E-state index >= 15 is 0 Å². The van der Waals surface area contributed by atoms with Crippen molar-refractivity contribution < 1.29 is 26.0 Å². The zero-order valence-electron chi connectivity index (χ0n) is 34.8. The Morgan fingerprint density at radius 3 is 1.98 bits per heavy atom. The second-order valence-corrected chi connectivity index (χ2v) is 17.3. The van der Waals surface area contributed by atoms with Crippen LogP contribution in [0.1, 0.15) is 68.4 Å². The van der Waals surface area contributed by atoms with Crippen LogP contribution in [0.5, 0.6) is 0 Å². The minimum atomic E-state index is -0.743. The Balaban J connectivity index is 0.00000445. The second kappa shape index (κ2) is 14.7. The molecular formula is C55H45N4OPt-. The van der Waals surface area contributed by atoms with Crippen molar-refractivity contribution in [2.24, 2.45) is 0 Å². The van der Waals surface area contributed by atoms with E-state index in [1.165, 1.54) is 33.4 Å². The Bertz CT molecular complexity index is 3090. The zero-order chi connectivity index (χ0) is 40.8. The summed E-state index contributed by atoms with van der Waals surface area (Å²) in [4.78, 5) is 10.3. The molecule has 0 saturated heterocycles. The summed E-state index contributed by atoms with van der Waals surface area (Å²) in [6, 6.07) is 67.1. The quantitative estimate of drug-likeness (QED) is 0.123. The molecule has 6 heteroatoms. The van der Waals surface area contributed by atoms with E-state index < -0.39 is 5.41 Å². The fourth-order valence-corrected chi connectivity index (χ4v) is 9.76. The second-order valence-electron chi connectivity index (χ2n) is 17.3. The number of fused-ring (bicyclic) bond motifs is 7. The summed E-state index contributed by atoms with van der Waals surface area (Å²) < 4.78 is 2.30. The number of para-hydroxylation sites is 3. The molecule has 1 N–H and O–H groups in total. The van der Waals surface area contributed by atoms with Crippen molar-refractivity contribution >= 4 is 38.9 Å². The van der Waals surface area contributed by atoms with Gasteiger partial charge in [-0.1, -0.05) is 122 Å². The molecule has 1 aliphatic heterocycles. The molecule has 0 spiro atoms. The fraction of sp³-hybridized carbons (Fsp3) is 0.145. The number of hydroxylamine groups is 1. The molecule has 61 heavy (non-hydrogen) atoms. The third kappa shape index (κ3) is 5.93. The molecule has 1 aliphatic carbocycles. The Kier molecular flexibility index (Phi) is 9.39. The van der Waals surface area contributed by atoms with Crippen molar-refractivity contribution in [1.82, 2.24) is 9.55 Å². The van der Waals surface area contributed by atoms with Crippen LogP contribution < -0.4 is 10.1 Å². The van der Waals surface area contributed by atoms with Crippen LogP contribution in [0.15, 0.2) is 170 Å². The van der Waals surface area contributed by atoms with E-state index in [1.54, 1.807) is 0 Å². The smallest absolute Gasteiger partial charge is 0.145 e. The SMILES string of the molecule is CC(C)c1ccccc1-c1ccnc(-n2c3[c-]c(C4(c5[c-]c(N6[OH+]N(C(C)(C)C)c7ccccc76)ccc5)c5ccccc5-c5ccccc54)ccc3c3ccccc32)c1.[Pt]. The maximum absolute atomic E-state index is 5.22. The van der Waals surface area contributed by atoms with E-state index in [4.69, 9.17) is 9.92 Å². The molecule has 3 heterocycles. The topological polar surface area (TPSA) is 37.1 Å². The molecule has 11 rings (SSSR count). The van der Waals surface area contributed by atoms with Crippen molar-refractivity contribution in [3.8, 4) is 28.1 Å². The standard InChI is InChI=1S/C55H44N4O.Pt/c1-36(2)41-19-6-7-20-42(41)37-31-32-56-53(33-37)57-49-26-13-10-23-45(49)46-30-29-39(35-52(46)57)55(47-24-11-8-21-43(47)44-22-9-12-25-48(44)55)38-17-16-18-40(34-38)58-50-27-14-15-28-51(50)59(60-58)54(3,4)5;/h6-33,36H,1-5H3;/q-2;/p+1. The van der Waals surface area contributed by atoms with Gasteiger partial charge in [0.25, 0.3) is 0 Å². The average Bonchev–Trinajstić information content (AvgIpc) is 3.94. The van der Waals surface area contributed by atoms with E-state index in [9.17, 15) is 0 Å². The first-order valence-electron chi connectivity index (χ1n) is 20.9. The molecule has 0 atom stereocenters. The summed E-state index contributed by atoms with van der Waals surface area (Å²) in [7, 11) is 0. The zero-order valence-corrected chi connectivity index (χ0v) is 37.1. The maximum atomic E-state index is 5.22. The molecule has 0 unspecified atom stereocenters. The van der Waals surface area contributed by atoms with Crippen LogP contribution in [0.4, 0.5) is 17.1 Å².